The van der Waals surface area contributed by atoms with E-state index >= 15 is 0 Å². The highest BCUT2D eigenvalue weighted by atomic mass is 16.6. The van der Waals surface area contributed by atoms with E-state index in [2.05, 4.69) is 0 Å². The van der Waals surface area contributed by atoms with Crippen molar-refractivity contribution in [1.29, 1.82) is 0 Å². The Hall–Kier alpha value is -3.06. The predicted molar refractivity (Wildman–Crippen MR) is 88.1 cm³/mol. The maximum Gasteiger partial charge on any atom is 0.415 e. The maximum atomic E-state index is 12.4. The third kappa shape index (κ3) is 3.56. The SMILES string of the molecule is O=C(c1ccccc1)c1ccc(OC(=O)N2CCOCC2)c(O)c1O. The lowest BCUT2D eigenvalue weighted by molar-refractivity contribution is 0.0413. The average Bonchev–Trinajstić information content (AvgIpc) is 2.66. The molecule has 1 aliphatic heterocycles. The van der Waals surface area contributed by atoms with Gasteiger partial charge in [-0.15, -0.1) is 0 Å². The lowest BCUT2D eigenvalue weighted by atomic mass is 10.0. The molecule has 130 valence electrons. The minimum absolute atomic E-state index is 0.0742. The highest BCUT2D eigenvalue weighted by Gasteiger charge is 2.23. The molecule has 2 aromatic carbocycles. The van der Waals surface area contributed by atoms with Crippen LogP contribution in [0.2, 0.25) is 0 Å². The van der Waals surface area contributed by atoms with Crippen LogP contribution in [0.25, 0.3) is 0 Å². The number of carbonyl (C=O) groups is 2. The van der Waals surface area contributed by atoms with E-state index in [0.29, 0.717) is 31.9 Å². The Morgan fingerprint density at radius 3 is 2.32 bits per heavy atom. The molecule has 25 heavy (non-hydrogen) atoms. The lowest BCUT2D eigenvalue weighted by Crippen LogP contribution is -2.42. The number of nitrogens with zero attached hydrogens (tertiary/aromatic N) is 1. The van der Waals surface area contributed by atoms with Crippen LogP contribution in [0.15, 0.2) is 42.5 Å². The molecule has 2 aromatic rings. The van der Waals surface area contributed by atoms with E-state index < -0.39 is 23.4 Å². The van der Waals surface area contributed by atoms with E-state index in [0.717, 1.165) is 0 Å². The van der Waals surface area contributed by atoms with Crippen molar-refractivity contribution in [1.82, 2.24) is 4.90 Å². The van der Waals surface area contributed by atoms with Crippen molar-refractivity contribution in [2.24, 2.45) is 0 Å². The van der Waals surface area contributed by atoms with Crippen LogP contribution < -0.4 is 4.74 Å². The van der Waals surface area contributed by atoms with Crippen molar-refractivity contribution in [3.8, 4) is 17.2 Å². The highest BCUT2D eigenvalue weighted by Crippen LogP contribution is 2.39. The second-order valence-corrected chi connectivity index (χ2v) is 5.47. The summed E-state index contributed by atoms with van der Waals surface area (Å²) < 4.78 is 10.3. The monoisotopic (exact) mass is 343 g/mol. The molecule has 3 rings (SSSR count). The van der Waals surface area contributed by atoms with Gasteiger partial charge in [-0.2, -0.15) is 0 Å². The van der Waals surface area contributed by atoms with Crippen molar-refractivity contribution in [3.63, 3.8) is 0 Å². The number of ether oxygens (including phenoxy) is 2. The zero-order valence-corrected chi connectivity index (χ0v) is 13.3. The number of hydrogen-bond acceptors (Lipinski definition) is 6. The van der Waals surface area contributed by atoms with Crippen LogP contribution in [0.3, 0.4) is 0 Å². The quantitative estimate of drug-likeness (QED) is 0.655. The summed E-state index contributed by atoms with van der Waals surface area (Å²) in [6.07, 6.45) is -0.653. The third-order valence-electron chi connectivity index (χ3n) is 3.86. The summed E-state index contributed by atoms with van der Waals surface area (Å²) in [4.78, 5) is 25.9. The molecule has 7 heteroatoms. The van der Waals surface area contributed by atoms with Crippen LogP contribution in [-0.2, 0) is 4.74 Å². The van der Waals surface area contributed by atoms with Crippen LogP contribution in [0.5, 0.6) is 17.2 Å². The number of aromatic hydroxyl groups is 2. The van der Waals surface area contributed by atoms with Gasteiger partial charge in [-0.05, 0) is 12.1 Å². The van der Waals surface area contributed by atoms with E-state index in [4.69, 9.17) is 9.47 Å². The zero-order valence-electron chi connectivity index (χ0n) is 13.3. The van der Waals surface area contributed by atoms with E-state index in [9.17, 15) is 19.8 Å². The summed E-state index contributed by atoms with van der Waals surface area (Å²) in [6, 6.07) is 11.0. The fraction of sp³-hybridized carbons (Fsp3) is 0.222. The maximum absolute atomic E-state index is 12.4. The Labute approximate surface area is 144 Å². The van der Waals surface area contributed by atoms with Crippen LogP contribution >= 0.6 is 0 Å². The number of morpholine rings is 1. The van der Waals surface area contributed by atoms with Gasteiger partial charge in [-0.1, -0.05) is 30.3 Å². The first-order valence-electron chi connectivity index (χ1n) is 7.77. The normalized spacial score (nSPS) is 14.2. The van der Waals surface area contributed by atoms with E-state index in [1.54, 1.807) is 30.3 Å². The molecule has 1 saturated heterocycles. The van der Waals surface area contributed by atoms with Crippen molar-refractivity contribution < 1.29 is 29.3 Å². The molecule has 1 amide bonds. The van der Waals surface area contributed by atoms with Crippen LogP contribution in [0.1, 0.15) is 15.9 Å². The Balaban J connectivity index is 1.80. The number of ketones is 1. The van der Waals surface area contributed by atoms with Crippen LogP contribution in [0, 0.1) is 0 Å². The lowest BCUT2D eigenvalue weighted by Gasteiger charge is -2.26. The number of hydrogen-bond donors (Lipinski definition) is 2. The number of phenols is 2. The van der Waals surface area contributed by atoms with E-state index in [-0.39, 0.29) is 11.3 Å². The number of rotatable bonds is 3. The van der Waals surface area contributed by atoms with Crippen LogP contribution in [0.4, 0.5) is 4.79 Å². The molecular formula is C18H17NO6. The summed E-state index contributed by atoms with van der Waals surface area (Å²) >= 11 is 0. The average molecular weight is 343 g/mol. The van der Waals surface area contributed by atoms with E-state index in [1.165, 1.54) is 17.0 Å². The van der Waals surface area contributed by atoms with Crippen molar-refractivity contribution in [3.05, 3.63) is 53.6 Å². The molecule has 0 aliphatic carbocycles. The number of benzene rings is 2. The van der Waals surface area contributed by atoms with Gasteiger partial charge in [0.1, 0.15) is 0 Å². The van der Waals surface area contributed by atoms with Gasteiger partial charge in [-0.3, -0.25) is 4.79 Å². The minimum atomic E-state index is -0.653. The first kappa shape index (κ1) is 16.8. The fourth-order valence-corrected chi connectivity index (χ4v) is 2.48. The number of carbonyl (C=O) groups excluding carboxylic acids is 2. The molecule has 0 radical (unpaired) electrons. The molecule has 0 unspecified atom stereocenters. The molecule has 0 atom stereocenters. The summed E-state index contributed by atoms with van der Waals surface area (Å²) in [6.45, 7) is 1.60. The third-order valence-corrected chi connectivity index (χ3v) is 3.86. The van der Waals surface area contributed by atoms with Gasteiger partial charge in [0.2, 0.25) is 5.75 Å². The summed E-state index contributed by atoms with van der Waals surface area (Å²) in [5.41, 5.74) is 0.296. The molecule has 1 heterocycles. The molecular weight excluding hydrogens is 326 g/mol. The van der Waals surface area contributed by atoms with Gasteiger partial charge in [0.05, 0.1) is 18.8 Å². The van der Waals surface area contributed by atoms with Gasteiger partial charge in [0, 0.05) is 18.7 Å². The van der Waals surface area contributed by atoms with Crippen molar-refractivity contribution in [2.45, 2.75) is 0 Å². The first-order valence-corrected chi connectivity index (χ1v) is 7.77. The highest BCUT2D eigenvalue weighted by molar-refractivity contribution is 6.11. The van der Waals surface area contributed by atoms with Gasteiger partial charge in [0.15, 0.2) is 17.3 Å². The second-order valence-electron chi connectivity index (χ2n) is 5.47. The Morgan fingerprint density at radius 2 is 1.64 bits per heavy atom. The Bertz CT molecular complexity index is 784. The Morgan fingerprint density at radius 1 is 0.960 bits per heavy atom. The molecule has 1 aliphatic rings. The summed E-state index contributed by atoms with van der Waals surface area (Å²) in [5.74, 6) is -1.93. The first-order chi connectivity index (χ1) is 12.1. The van der Waals surface area contributed by atoms with Gasteiger partial charge >= 0.3 is 6.09 Å². The molecule has 0 aromatic heterocycles. The summed E-state index contributed by atoms with van der Waals surface area (Å²) in [7, 11) is 0. The summed E-state index contributed by atoms with van der Waals surface area (Å²) in [5, 5.41) is 20.2. The van der Waals surface area contributed by atoms with Gasteiger partial charge in [0.25, 0.3) is 0 Å². The standard InChI is InChI=1S/C18H17NO6/c20-15(12-4-2-1-3-5-12)13-6-7-14(17(22)16(13)21)25-18(23)19-8-10-24-11-9-19/h1-7,21-22H,8-11H2. The molecule has 0 bridgehead atoms. The molecule has 1 fully saturated rings. The van der Waals surface area contributed by atoms with Gasteiger partial charge < -0.3 is 24.6 Å². The topological polar surface area (TPSA) is 96.3 Å². The van der Waals surface area contributed by atoms with E-state index in [1.807, 2.05) is 0 Å². The van der Waals surface area contributed by atoms with Crippen LogP contribution in [-0.4, -0.2) is 53.3 Å². The van der Waals surface area contributed by atoms with Gasteiger partial charge in [-0.25, -0.2) is 4.79 Å². The minimum Gasteiger partial charge on any atom is -0.504 e. The largest absolute Gasteiger partial charge is 0.504 e. The predicted octanol–water partition coefficient (Wildman–Crippen LogP) is 2.16. The zero-order chi connectivity index (χ0) is 17.8. The van der Waals surface area contributed by atoms with Crippen molar-refractivity contribution in [2.75, 3.05) is 26.3 Å². The smallest absolute Gasteiger partial charge is 0.415 e. The molecule has 7 nitrogen and oxygen atoms in total. The molecule has 0 saturated carbocycles. The molecule has 2 N–H and O–H groups in total. The van der Waals surface area contributed by atoms with Crippen molar-refractivity contribution >= 4 is 11.9 Å². The number of amides is 1. The fourth-order valence-electron chi connectivity index (χ4n) is 2.48. The second kappa shape index (κ2) is 7.23. The Kier molecular flexibility index (Phi) is 4.85. The number of phenolic OH excluding ortho intramolecular Hbond substituents is 2. The molecule has 0 spiro atoms.